The minimum Gasteiger partial charge on any atom is -0.453 e. The number of imidazole rings is 2. The number of hydrogen-bond donors (Lipinski definition) is 5. The highest BCUT2D eigenvalue weighted by Gasteiger charge is 2.38. The summed E-state index contributed by atoms with van der Waals surface area (Å²) in [4.78, 5) is 81.3. The topological polar surface area (TPSA) is 230 Å². The monoisotopic (exact) mass is 896 g/mol. The lowest BCUT2D eigenvalue weighted by atomic mass is 10.0. The zero-order valence-electron chi connectivity index (χ0n) is 36.3. The lowest BCUT2D eigenvalue weighted by Crippen LogP contribution is -2.51. The van der Waals surface area contributed by atoms with Crippen LogP contribution in [-0.2, 0) is 34.6 Å². The van der Waals surface area contributed by atoms with Gasteiger partial charge in [0.25, 0.3) is 0 Å². The normalized spacial score (nSPS) is 18.0. The molecule has 2 aromatic heterocycles. The van der Waals surface area contributed by atoms with Gasteiger partial charge in [-0.25, -0.2) is 24.1 Å². The minimum absolute atomic E-state index is 0.108. The molecule has 0 saturated carbocycles. The third kappa shape index (κ3) is 10.5. The summed E-state index contributed by atoms with van der Waals surface area (Å²) in [7, 11) is -0.673. The number of nitrogens with zero attached hydrogens (tertiary/aromatic N) is 4. The second-order valence-corrected chi connectivity index (χ2v) is 17.5. The number of methoxy groups -OCH3 is 2. The van der Waals surface area contributed by atoms with Crippen molar-refractivity contribution in [3.8, 4) is 39.4 Å². The predicted molar refractivity (Wildman–Crippen MR) is 236 cm³/mol. The van der Waals surface area contributed by atoms with Crippen LogP contribution in [-0.4, -0.2) is 105 Å². The highest BCUT2D eigenvalue weighted by molar-refractivity contribution is 7.47. The standard InChI is InChI=1S/C45H53N8O10P/c1-27(2)39(51-45(57)61-4)43(55)53-23-7-9-38(53)41-47-26-36(49-41)32-18-14-30(15-19-32)29-12-16-31(17-13-29)35-25-46-40(48-35)37-8-6-22-52(37)42(54)34(50-44(56)60-3)24-28-10-20-33(21-11-28)63-64(58,59)62-5/h10-21,25-27,34,37-39H,6-9,22-24H2,1-5H3,(H,46,48)(H,47,49)(H,50,56)(H,51,57)(H,58,59)/t34-,37-,38-,39-/m0/s1. The van der Waals surface area contributed by atoms with Gasteiger partial charge in [-0.05, 0) is 71.6 Å². The Labute approximate surface area is 370 Å². The fraction of sp³-hybridized carbons (Fsp3) is 0.378. The Morgan fingerprint density at radius 2 is 1.19 bits per heavy atom. The van der Waals surface area contributed by atoms with Crippen LogP contribution in [0.1, 0.15) is 68.8 Å². The molecule has 0 aliphatic carbocycles. The smallest absolute Gasteiger partial charge is 0.453 e. The maximum absolute atomic E-state index is 14.1. The number of H-pyrrole nitrogens is 2. The number of ether oxygens (including phenoxy) is 2. The van der Waals surface area contributed by atoms with Gasteiger partial charge in [-0.1, -0.05) is 74.5 Å². The van der Waals surface area contributed by atoms with Crippen molar-refractivity contribution in [3.63, 3.8) is 0 Å². The number of aromatic nitrogens is 4. The maximum Gasteiger partial charge on any atom is 0.527 e. The van der Waals surface area contributed by atoms with E-state index >= 15 is 0 Å². The van der Waals surface area contributed by atoms with E-state index in [1.807, 2.05) is 62.4 Å². The third-order valence-electron chi connectivity index (χ3n) is 11.6. The van der Waals surface area contributed by atoms with E-state index in [0.717, 1.165) is 60.0 Å². The average molecular weight is 897 g/mol. The number of likely N-dealkylation sites (tertiary alicyclic amines) is 2. The van der Waals surface area contributed by atoms with Crippen LogP contribution in [0.5, 0.6) is 5.75 Å². The van der Waals surface area contributed by atoms with Crippen molar-refractivity contribution in [2.45, 2.75) is 70.1 Å². The Balaban J connectivity index is 0.992. The van der Waals surface area contributed by atoms with Crippen molar-refractivity contribution in [3.05, 3.63) is 102 Å². The van der Waals surface area contributed by atoms with E-state index in [-0.39, 0.29) is 42.0 Å². The minimum atomic E-state index is -4.24. The summed E-state index contributed by atoms with van der Waals surface area (Å²) < 4.78 is 30.9. The molecule has 2 aliphatic heterocycles. The second kappa shape index (κ2) is 19.9. The fourth-order valence-corrected chi connectivity index (χ4v) is 8.65. The zero-order valence-corrected chi connectivity index (χ0v) is 37.2. The van der Waals surface area contributed by atoms with Crippen molar-refractivity contribution in [1.82, 2.24) is 40.4 Å². The van der Waals surface area contributed by atoms with Crippen LogP contribution in [0.4, 0.5) is 9.59 Å². The molecule has 0 radical (unpaired) electrons. The molecule has 3 aromatic carbocycles. The van der Waals surface area contributed by atoms with Gasteiger partial charge < -0.3 is 44.4 Å². The van der Waals surface area contributed by atoms with Gasteiger partial charge in [-0.3, -0.25) is 19.0 Å². The first-order valence-electron chi connectivity index (χ1n) is 21.1. The second-order valence-electron chi connectivity index (χ2n) is 16.0. The Kier molecular flexibility index (Phi) is 14.2. The van der Waals surface area contributed by atoms with E-state index < -0.39 is 32.1 Å². The van der Waals surface area contributed by atoms with E-state index in [1.165, 1.54) is 26.4 Å². The molecule has 4 heterocycles. The van der Waals surface area contributed by atoms with E-state index in [4.69, 9.17) is 14.0 Å². The number of carbonyl (C=O) groups is 4. The van der Waals surface area contributed by atoms with Crippen molar-refractivity contribution in [1.29, 1.82) is 0 Å². The van der Waals surface area contributed by atoms with Gasteiger partial charge in [0.15, 0.2) is 0 Å². The van der Waals surface area contributed by atoms with E-state index in [1.54, 1.807) is 34.3 Å². The van der Waals surface area contributed by atoms with E-state index in [2.05, 4.69) is 35.1 Å². The quantitative estimate of drug-likeness (QED) is 0.0674. The highest BCUT2D eigenvalue weighted by atomic mass is 31.2. The Morgan fingerprint density at radius 3 is 1.66 bits per heavy atom. The lowest BCUT2D eigenvalue weighted by Gasteiger charge is -2.30. The van der Waals surface area contributed by atoms with Crippen LogP contribution in [0.25, 0.3) is 33.6 Å². The van der Waals surface area contributed by atoms with Gasteiger partial charge in [-0.2, -0.15) is 0 Å². The fourth-order valence-electron chi connectivity index (χ4n) is 8.19. The van der Waals surface area contributed by atoms with Crippen LogP contribution in [0.2, 0.25) is 0 Å². The van der Waals surface area contributed by atoms with Gasteiger partial charge >= 0.3 is 20.0 Å². The molecular formula is C45H53N8O10P. The summed E-state index contributed by atoms with van der Waals surface area (Å²) in [5, 5.41) is 5.35. The molecule has 18 nitrogen and oxygen atoms in total. The van der Waals surface area contributed by atoms with Crippen LogP contribution in [0, 0.1) is 5.92 Å². The number of carbonyl (C=O) groups excluding carboxylic acids is 4. The number of phosphoric acid groups is 1. The summed E-state index contributed by atoms with van der Waals surface area (Å²) in [6, 6.07) is 20.3. The molecule has 5 aromatic rings. The van der Waals surface area contributed by atoms with Gasteiger partial charge in [0.1, 0.15) is 29.5 Å². The Bertz CT molecular complexity index is 2470. The number of benzene rings is 3. The first-order chi connectivity index (χ1) is 30.8. The molecule has 19 heteroatoms. The molecule has 5 N–H and O–H groups in total. The summed E-state index contributed by atoms with van der Waals surface area (Å²) in [6.07, 6.45) is 5.29. The van der Waals surface area contributed by atoms with Crippen molar-refractivity contribution in [2.75, 3.05) is 34.4 Å². The molecule has 7 rings (SSSR count). The maximum atomic E-state index is 14.1. The predicted octanol–water partition coefficient (Wildman–Crippen LogP) is 6.93. The molecule has 64 heavy (non-hydrogen) atoms. The zero-order chi connectivity index (χ0) is 45.5. The molecule has 0 bridgehead atoms. The Morgan fingerprint density at radius 1 is 0.719 bits per heavy atom. The summed E-state index contributed by atoms with van der Waals surface area (Å²) >= 11 is 0. The molecule has 2 aliphatic rings. The highest BCUT2D eigenvalue weighted by Crippen LogP contribution is 2.43. The molecule has 5 atom stereocenters. The number of hydrogen-bond acceptors (Lipinski definition) is 11. The first kappa shape index (κ1) is 45.5. The summed E-state index contributed by atoms with van der Waals surface area (Å²) in [6.45, 7) is 4.83. The number of nitrogens with one attached hydrogen (secondary N) is 4. The SMILES string of the molecule is COC(=O)N[C@@H](Cc1ccc(OP(=O)(O)OC)cc1)C(=O)N1CCC[C@H]1c1ncc(-c2ccc(-c3ccc(-c4cnc([C@@H]5CCCN5C(=O)[C@@H](NC(=O)OC)C(C)C)[nH]4)cc3)cc2)[nH]1. The van der Waals surface area contributed by atoms with Gasteiger partial charge in [-0.15, -0.1) is 0 Å². The van der Waals surface area contributed by atoms with Gasteiger partial charge in [0, 0.05) is 26.6 Å². The number of amides is 4. The van der Waals surface area contributed by atoms with E-state index in [0.29, 0.717) is 36.7 Å². The first-order valence-corrected chi connectivity index (χ1v) is 22.5. The van der Waals surface area contributed by atoms with E-state index in [9.17, 15) is 28.6 Å². The van der Waals surface area contributed by atoms with Crippen LogP contribution < -0.4 is 15.2 Å². The van der Waals surface area contributed by atoms with Crippen molar-refractivity contribution < 1.29 is 47.2 Å². The van der Waals surface area contributed by atoms with Crippen molar-refractivity contribution >= 4 is 31.8 Å². The molecule has 338 valence electrons. The molecule has 1 unspecified atom stereocenters. The largest absolute Gasteiger partial charge is 0.527 e. The summed E-state index contributed by atoms with van der Waals surface area (Å²) in [5.41, 5.74) is 6.20. The van der Waals surface area contributed by atoms with Gasteiger partial charge in [0.2, 0.25) is 11.8 Å². The number of phosphoric ester groups is 1. The Hall–Kier alpha value is -6.49. The lowest BCUT2D eigenvalue weighted by molar-refractivity contribution is -0.135. The number of alkyl carbamates (subject to hydrolysis) is 2. The number of aromatic amines is 2. The van der Waals surface area contributed by atoms with Crippen LogP contribution in [0.3, 0.4) is 0 Å². The third-order valence-corrected chi connectivity index (χ3v) is 12.5. The van der Waals surface area contributed by atoms with Crippen molar-refractivity contribution in [2.24, 2.45) is 5.92 Å². The molecule has 0 spiro atoms. The van der Waals surface area contributed by atoms with Crippen LogP contribution >= 0.6 is 7.82 Å². The molecular weight excluding hydrogens is 844 g/mol. The number of rotatable bonds is 15. The average Bonchev–Trinajstić information content (AvgIpc) is 4.15. The van der Waals surface area contributed by atoms with Crippen LogP contribution in [0.15, 0.2) is 85.2 Å². The molecule has 2 fully saturated rings. The van der Waals surface area contributed by atoms with Gasteiger partial charge in [0.05, 0.1) is 50.1 Å². The molecule has 4 amide bonds. The summed E-state index contributed by atoms with van der Waals surface area (Å²) in [5.74, 6) is 0.865. The molecule has 2 saturated heterocycles.